The summed E-state index contributed by atoms with van der Waals surface area (Å²) in [5, 5.41) is 1.01. The van der Waals surface area contributed by atoms with Crippen LogP contribution in [-0.2, 0) is 0 Å². The zero-order valence-corrected chi connectivity index (χ0v) is 17.6. The first-order valence-corrected chi connectivity index (χ1v) is 12.6. The van der Waals surface area contributed by atoms with E-state index in [0.29, 0.717) is 11.1 Å². The zero-order chi connectivity index (χ0) is 19.2. The standard InChI is InChI=1S/C22H19O2PS2/c1-16-8-12-18(13-9-16)21(23)26-25(20-6-4-3-5-7-20)27-22(24)19-14-10-17(2)11-15-19/h3-15H,1-2H3. The lowest BCUT2D eigenvalue weighted by atomic mass is 10.2. The molecular weight excluding hydrogens is 391 g/mol. The van der Waals surface area contributed by atoms with Gasteiger partial charge in [0.2, 0.25) is 10.2 Å². The molecule has 27 heavy (non-hydrogen) atoms. The number of aryl methyl sites for hydroxylation is 2. The van der Waals surface area contributed by atoms with Gasteiger partial charge in [0, 0.05) is 11.1 Å². The number of carbonyl (C=O) groups excluding carboxylic acids is 2. The summed E-state index contributed by atoms with van der Waals surface area (Å²) in [4.78, 5) is 25.5. The summed E-state index contributed by atoms with van der Waals surface area (Å²) in [5.41, 5.74) is 3.56. The first kappa shape index (κ1) is 19.9. The van der Waals surface area contributed by atoms with Crippen molar-refractivity contribution in [3.8, 4) is 0 Å². The lowest BCUT2D eigenvalue weighted by Gasteiger charge is -2.15. The fourth-order valence-electron chi connectivity index (χ4n) is 2.31. The maximum Gasteiger partial charge on any atom is 0.224 e. The second kappa shape index (κ2) is 9.36. The summed E-state index contributed by atoms with van der Waals surface area (Å²) >= 11 is 2.50. The zero-order valence-electron chi connectivity index (χ0n) is 15.1. The third kappa shape index (κ3) is 5.55. The van der Waals surface area contributed by atoms with Gasteiger partial charge in [0.25, 0.3) is 0 Å². The van der Waals surface area contributed by atoms with E-state index in [1.807, 2.05) is 92.7 Å². The highest BCUT2D eigenvalue weighted by Crippen LogP contribution is 2.61. The molecule has 5 heteroatoms. The Morgan fingerprint density at radius 1 is 0.630 bits per heavy atom. The number of hydrogen-bond donors (Lipinski definition) is 0. The lowest BCUT2D eigenvalue weighted by molar-refractivity contribution is 0.108. The highest BCUT2D eigenvalue weighted by molar-refractivity contribution is 8.96. The quantitative estimate of drug-likeness (QED) is 0.457. The van der Waals surface area contributed by atoms with Gasteiger partial charge in [-0.25, -0.2) is 0 Å². The average Bonchev–Trinajstić information content (AvgIpc) is 2.69. The molecule has 0 bridgehead atoms. The summed E-state index contributed by atoms with van der Waals surface area (Å²) in [6.07, 6.45) is -1.06. The second-order valence-electron chi connectivity index (χ2n) is 6.08. The minimum absolute atomic E-state index is 0.00540. The van der Waals surface area contributed by atoms with Crippen LogP contribution < -0.4 is 5.30 Å². The Balaban J connectivity index is 1.81. The summed E-state index contributed by atoms with van der Waals surface area (Å²) in [7, 11) is 0. The molecule has 136 valence electrons. The first-order valence-electron chi connectivity index (χ1n) is 8.46. The molecule has 3 aromatic carbocycles. The first-order chi connectivity index (χ1) is 13.0. The van der Waals surface area contributed by atoms with Gasteiger partial charge in [-0.1, -0.05) is 90.0 Å². The molecule has 0 saturated heterocycles. The topological polar surface area (TPSA) is 34.1 Å². The van der Waals surface area contributed by atoms with E-state index in [1.54, 1.807) is 0 Å². The van der Waals surface area contributed by atoms with Crippen LogP contribution in [0.4, 0.5) is 0 Å². The van der Waals surface area contributed by atoms with Crippen molar-refractivity contribution in [2.45, 2.75) is 13.8 Å². The molecule has 0 aromatic heterocycles. The number of carbonyl (C=O) groups is 2. The predicted molar refractivity (Wildman–Crippen MR) is 119 cm³/mol. The van der Waals surface area contributed by atoms with E-state index < -0.39 is 6.33 Å². The number of benzene rings is 3. The summed E-state index contributed by atoms with van der Waals surface area (Å²) in [6, 6.07) is 24.9. The maximum atomic E-state index is 12.8. The van der Waals surface area contributed by atoms with Crippen LogP contribution in [0.3, 0.4) is 0 Å². The van der Waals surface area contributed by atoms with E-state index in [2.05, 4.69) is 0 Å². The van der Waals surface area contributed by atoms with Crippen LogP contribution in [0.15, 0.2) is 78.9 Å². The van der Waals surface area contributed by atoms with E-state index >= 15 is 0 Å². The van der Waals surface area contributed by atoms with E-state index in [9.17, 15) is 9.59 Å². The largest absolute Gasteiger partial charge is 0.281 e. The third-order valence-electron chi connectivity index (χ3n) is 3.87. The van der Waals surface area contributed by atoms with Crippen molar-refractivity contribution in [2.75, 3.05) is 0 Å². The van der Waals surface area contributed by atoms with Gasteiger partial charge in [-0.2, -0.15) is 0 Å². The minimum atomic E-state index is -1.06. The SMILES string of the molecule is Cc1ccc(C(=O)SP(SC(=O)c2ccc(C)cc2)c2ccccc2)cc1. The number of rotatable bonds is 5. The van der Waals surface area contributed by atoms with Gasteiger partial charge in [-0.15, -0.1) is 0 Å². The van der Waals surface area contributed by atoms with Crippen molar-refractivity contribution in [3.63, 3.8) is 0 Å². The van der Waals surface area contributed by atoms with Crippen LogP contribution in [0.1, 0.15) is 31.8 Å². The fraction of sp³-hybridized carbons (Fsp3) is 0.0909. The van der Waals surface area contributed by atoms with Gasteiger partial charge in [-0.05, 0) is 41.9 Å². The Hall–Kier alpha value is -1.87. The van der Waals surface area contributed by atoms with Crippen LogP contribution in [0, 0.1) is 13.8 Å². The fourth-order valence-corrected chi connectivity index (χ4v) is 8.32. The van der Waals surface area contributed by atoms with Crippen LogP contribution in [0.2, 0.25) is 0 Å². The molecular formula is C22H19O2PS2. The van der Waals surface area contributed by atoms with Crippen molar-refractivity contribution in [1.29, 1.82) is 0 Å². The van der Waals surface area contributed by atoms with Crippen LogP contribution >= 0.6 is 29.1 Å². The van der Waals surface area contributed by atoms with Crippen LogP contribution in [0.5, 0.6) is 0 Å². The molecule has 0 N–H and O–H groups in total. The van der Waals surface area contributed by atoms with Gasteiger partial charge in [0.15, 0.2) is 0 Å². The molecule has 3 aromatic rings. The van der Waals surface area contributed by atoms with Crippen molar-refractivity contribution >= 4 is 44.6 Å². The van der Waals surface area contributed by atoms with Gasteiger partial charge in [0.1, 0.15) is 0 Å². The molecule has 0 aliphatic heterocycles. The Kier molecular flexibility index (Phi) is 6.89. The molecule has 0 spiro atoms. The Bertz CT molecular complexity index is 863. The smallest absolute Gasteiger partial charge is 0.224 e. The normalized spacial score (nSPS) is 10.8. The summed E-state index contributed by atoms with van der Waals surface area (Å²) < 4.78 is 0. The van der Waals surface area contributed by atoms with Gasteiger partial charge >= 0.3 is 0 Å². The van der Waals surface area contributed by atoms with Gasteiger partial charge in [0.05, 0.1) is 6.33 Å². The molecule has 0 fully saturated rings. The van der Waals surface area contributed by atoms with Crippen molar-refractivity contribution in [3.05, 3.63) is 101 Å². The van der Waals surface area contributed by atoms with Gasteiger partial charge < -0.3 is 0 Å². The molecule has 0 aliphatic carbocycles. The number of hydrogen-bond acceptors (Lipinski definition) is 4. The molecule has 3 rings (SSSR count). The Morgan fingerprint density at radius 2 is 1.04 bits per heavy atom. The predicted octanol–water partition coefficient (Wildman–Crippen LogP) is 6.39. The minimum Gasteiger partial charge on any atom is -0.281 e. The molecule has 0 heterocycles. The maximum absolute atomic E-state index is 12.8. The average molecular weight is 411 g/mol. The molecule has 2 nitrogen and oxygen atoms in total. The molecule has 0 atom stereocenters. The molecule has 0 radical (unpaired) electrons. The second-order valence-corrected chi connectivity index (χ2v) is 12.2. The van der Waals surface area contributed by atoms with E-state index in [1.165, 1.54) is 22.8 Å². The monoisotopic (exact) mass is 410 g/mol. The van der Waals surface area contributed by atoms with Crippen molar-refractivity contribution in [2.24, 2.45) is 0 Å². The summed E-state index contributed by atoms with van der Waals surface area (Å²) in [6.45, 7) is 3.99. The highest BCUT2D eigenvalue weighted by Gasteiger charge is 2.23. The molecule has 0 amide bonds. The van der Waals surface area contributed by atoms with Crippen molar-refractivity contribution in [1.82, 2.24) is 0 Å². The van der Waals surface area contributed by atoms with E-state index in [4.69, 9.17) is 0 Å². The molecule has 0 aliphatic rings. The molecule has 0 unspecified atom stereocenters. The Labute approximate surface area is 169 Å². The van der Waals surface area contributed by atoms with E-state index in [-0.39, 0.29) is 10.2 Å². The van der Waals surface area contributed by atoms with Crippen LogP contribution in [0.25, 0.3) is 0 Å². The van der Waals surface area contributed by atoms with E-state index in [0.717, 1.165) is 16.4 Å². The molecule has 0 saturated carbocycles. The Morgan fingerprint density at radius 3 is 1.44 bits per heavy atom. The third-order valence-corrected chi connectivity index (χ3v) is 10.3. The summed E-state index contributed by atoms with van der Waals surface area (Å²) in [5.74, 6) is 0. The van der Waals surface area contributed by atoms with Gasteiger partial charge in [-0.3, -0.25) is 9.59 Å². The van der Waals surface area contributed by atoms with Crippen molar-refractivity contribution < 1.29 is 9.59 Å². The highest BCUT2D eigenvalue weighted by atomic mass is 33.1. The lowest BCUT2D eigenvalue weighted by Crippen LogP contribution is -2.01. The van der Waals surface area contributed by atoms with Crippen LogP contribution in [-0.4, -0.2) is 10.2 Å².